The van der Waals surface area contributed by atoms with Gasteiger partial charge in [0, 0.05) is 0 Å². The zero-order valence-corrected chi connectivity index (χ0v) is 10.2. The molecule has 96 valence electrons. The number of carbonyl (C=O) groups excluding carboxylic acids is 1. The van der Waals surface area contributed by atoms with Crippen LogP contribution in [0.4, 0.5) is 0 Å². The lowest BCUT2D eigenvalue weighted by atomic mass is 10.00. The molecule has 5 heteroatoms. The molecule has 0 heterocycles. The molecule has 0 aliphatic rings. The molecule has 1 rings (SSSR count). The van der Waals surface area contributed by atoms with Gasteiger partial charge in [0.05, 0.1) is 6.04 Å². The number of hydrogen-bond acceptors (Lipinski definition) is 5. The summed E-state index contributed by atoms with van der Waals surface area (Å²) >= 11 is 0. The Labute approximate surface area is 101 Å². The average molecular weight is 241 g/mol. The summed E-state index contributed by atoms with van der Waals surface area (Å²) in [4.78, 5) is 10.9. The Balaban J connectivity index is 0.00000121. The minimum Gasteiger partial charge on any atom is -0.504 e. The van der Waals surface area contributed by atoms with Crippen molar-refractivity contribution in [2.24, 2.45) is 5.73 Å². The number of aromatic hydroxyl groups is 2. The first-order valence-electron chi connectivity index (χ1n) is 5.39. The van der Waals surface area contributed by atoms with Crippen molar-refractivity contribution in [1.29, 1.82) is 0 Å². The molecule has 1 aromatic carbocycles. The lowest BCUT2D eigenvalue weighted by Crippen LogP contribution is -2.35. The average Bonchev–Trinajstić information content (AvgIpc) is 2.33. The van der Waals surface area contributed by atoms with Gasteiger partial charge in [-0.3, -0.25) is 4.79 Å². The number of aliphatic hydroxyl groups excluding tert-OH is 1. The number of aliphatic hydroxyl groups is 1. The fourth-order valence-electron chi connectivity index (χ4n) is 1.15. The molecular formula is C12H19NO4. The van der Waals surface area contributed by atoms with Crippen molar-refractivity contribution in [2.45, 2.75) is 32.9 Å². The van der Waals surface area contributed by atoms with Crippen LogP contribution in [0.5, 0.6) is 11.5 Å². The maximum absolute atomic E-state index is 10.9. The van der Waals surface area contributed by atoms with Crippen molar-refractivity contribution in [3.63, 3.8) is 0 Å². The minimum atomic E-state index is -1.19. The summed E-state index contributed by atoms with van der Waals surface area (Å²) in [6, 6.07) is 2.75. The molecule has 1 aromatic rings. The molecule has 0 fully saturated rings. The van der Waals surface area contributed by atoms with E-state index in [2.05, 4.69) is 0 Å². The maximum atomic E-state index is 10.9. The topological polar surface area (TPSA) is 104 Å². The van der Waals surface area contributed by atoms with Gasteiger partial charge >= 0.3 is 0 Å². The number of nitrogens with two attached hydrogens (primary N) is 1. The van der Waals surface area contributed by atoms with E-state index >= 15 is 0 Å². The first-order chi connectivity index (χ1) is 7.93. The second-order valence-corrected chi connectivity index (χ2v) is 3.33. The van der Waals surface area contributed by atoms with E-state index in [4.69, 9.17) is 10.8 Å². The minimum absolute atomic E-state index is 0.285. The zero-order chi connectivity index (χ0) is 13.6. The van der Waals surface area contributed by atoms with Gasteiger partial charge in [-0.05, 0) is 24.6 Å². The Kier molecular flexibility index (Phi) is 6.23. The summed E-state index contributed by atoms with van der Waals surface area (Å²) in [5, 5.41) is 27.9. The van der Waals surface area contributed by atoms with E-state index in [1.165, 1.54) is 25.1 Å². The summed E-state index contributed by atoms with van der Waals surface area (Å²) < 4.78 is 0. The van der Waals surface area contributed by atoms with Gasteiger partial charge in [-0.1, -0.05) is 19.9 Å². The molecule has 0 bridgehead atoms. The SMILES string of the molecule is CC.CC(=O)[C@H](N)[C@@H](O)c1ccc(O)c(O)c1. The lowest BCUT2D eigenvalue weighted by Gasteiger charge is -2.16. The molecule has 0 radical (unpaired) electrons. The van der Waals surface area contributed by atoms with Gasteiger partial charge in [0.1, 0.15) is 11.9 Å². The molecule has 0 aliphatic heterocycles. The van der Waals surface area contributed by atoms with Crippen LogP contribution in [-0.4, -0.2) is 27.1 Å². The van der Waals surface area contributed by atoms with Crippen LogP contribution in [0, 0.1) is 0 Å². The second kappa shape index (κ2) is 6.88. The highest BCUT2D eigenvalue weighted by molar-refractivity contribution is 5.82. The summed E-state index contributed by atoms with van der Waals surface area (Å²) in [6.45, 7) is 5.27. The smallest absolute Gasteiger partial charge is 0.157 e. The van der Waals surface area contributed by atoms with Crippen LogP contribution < -0.4 is 5.73 Å². The Bertz CT molecular complexity index is 379. The van der Waals surface area contributed by atoms with E-state index in [0.29, 0.717) is 0 Å². The largest absolute Gasteiger partial charge is 0.504 e. The van der Waals surface area contributed by atoms with Crippen molar-refractivity contribution in [1.82, 2.24) is 0 Å². The van der Waals surface area contributed by atoms with Crippen LogP contribution in [-0.2, 0) is 4.79 Å². The standard InChI is InChI=1S/C10H13NO4.C2H6/c1-5(12)9(11)10(15)6-2-3-7(13)8(14)4-6;1-2/h2-4,9-10,13-15H,11H2,1H3;1-2H3/t9-,10-;/m0./s1. The van der Waals surface area contributed by atoms with Crippen molar-refractivity contribution in [3.8, 4) is 11.5 Å². The third-order valence-electron chi connectivity index (χ3n) is 2.15. The highest BCUT2D eigenvalue weighted by Crippen LogP contribution is 2.28. The van der Waals surface area contributed by atoms with Gasteiger partial charge in [-0.25, -0.2) is 0 Å². The van der Waals surface area contributed by atoms with Gasteiger partial charge in [-0.2, -0.15) is 0 Å². The molecule has 0 amide bonds. The first kappa shape index (κ1) is 15.4. The molecule has 2 atom stereocenters. The Morgan fingerprint density at radius 3 is 2.18 bits per heavy atom. The van der Waals surface area contributed by atoms with E-state index in [0.717, 1.165) is 0 Å². The summed E-state index contributed by atoms with van der Waals surface area (Å²) in [5.41, 5.74) is 5.72. The molecule has 5 nitrogen and oxygen atoms in total. The Hall–Kier alpha value is -1.59. The van der Waals surface area contributed by atoms with Crippen LogP contribution in [0.2, 0.25) is 0 Å². The second-order valence-electron chi connectivity index (χ2n) is 3.33. The summed E-state index contributed by atoms with van der Waals surface area (Å²) in [7, 11) is 0. The number of carbonyl (C=O) groups is 1. The number of Topliss-reactive ketones (excluding diaryl/α,β-unsaturated/α-hetero) is 1. The third-order valence-corrected chi connectivity index (χ3v) is 2.15. The van der Waals surface area contributed by atoms with Crippen LogP contribution in [0.3, 0.4) is 0 Å². The number of phenols is 2. The predicted molar refractivity (Wildman–Crippen MR) is 64.7 cm³/mol. The molecule has 0 saturated heterocycles. The van der Waals surface area contributed by atoms with E-state index in [1.807, 2.05) is 13.8 Å². The number of hydrogen-bond donors (Lipinski definition) is 4. The molecular weight excluding hydrogens is 222 g/mol. The van der Waals surface area contributed by atoms with Crippen LogP contribution in [0.15, 0.2) is 18.2 Å². The van der Waals surface area contributed by atoms with E-state index < -0.39 is 12.1 Å². The quantitative estimate of drug-likeness (QED) is 0.593. The molecule has 0 spiro atoms. The highest BCUT2D eigenvalue weighted by atomic mass is 16.3. The molecule has 5 N–H and O–H groups in total. The van der Waals surface area contributed by atoms with Crippen molar-refractivity contribution < 1.29 is 20.1 Å². The molecule has 17 heavy (non-hydrogen) atoms. The van der Waals surface area contributed by atoms with Gasteiger partial charge < -0.3 is 21.1 Å². The highest BCUT2D eigenvalue weighted by Gasteiger charge is 2.21. The van der Waals surface area contributed by atoms with E-state index in [-0.39, 0.29) is 22.8 Å². The van der Waals surface area contributed by atoms with Crippen LogP contribution >= 0.6 is 0 Å². The molecule has 0 aliphatic carbocycles. The summed E-state index contributed by atoms with van der Waals surface area (Å²) in [5.74, 6) is -1.00. The van der Waals surface area contributed by atoms with Crippen LogP contribution in [0.1, 0.15) is 32.4 Å². The monoisotopic (exact) mass is 241 g/mol. The van der Waals surface area contributed by atoms with Crippen molar-refractivity contribution in [2.75, 3.05) is 0 Å². The van der Waals surface area contributed by atoms with Crippen molar-refractivity contribution in [3.05, 3.63) is 23.8 Å². The first-order valence-corrected chi connectivity index (χ1v) is 5.39. The molecule has 0 saturated carbocycles. The zero-order valence-electron chi connectivity index (χ0n) is 10.2. The lowest BCUT2D eigenvalue weighted by molar-refractivity contribution is -0.120. The number of phenolic OH excluding ortho intramolecular Hbond substituents is 2. The Morgan fingerprint density at radius 1 is 1.24 bits per heavy atom. The maximum Gasteiger partial charge on any atom is 0.157 e. The molecule has 0 aromatic heterocycles. The fourth-order valence-corrected chi connectivity index (χ4v) is 1.15. The fraction of sp³-hybridized carbons (Fsp3) is 0.417. The van der Waals surface area contributed by atoms with E-state index in [9.17, 15) is 15.0 Å². The van der Waals surface area contributed by atoms with Gasteiger partial charge in [-0.15, -0.1) is 0 Å². The van der Waals surface area contributed by atoms with E-state index in [1.54, 1.807) is 0 Å². The number of rotatable bonds is 3. The summed E-state index contributed by atoms with van der Waals surface area (Å²) in [6.07, 6.45) is -1.19. The third kappa shape index (κ3) is 4.05. The number of ketones is 1. The van der Waals surface area contributed by atoms with Gasteiger partial charge in [0.15, 0.2) is 11.5 Å². The molecule has 0 unspecified atom stereocenters. The Morgan fingerprint density at radius 2 is 1.76 bits per heavy atom. The van der Waals surface area contributed by atoms with Gasteiger partial charge in [0.25, 0.3) is 0 Å². The van der Waals surface area contributed by atoms with Crippen molar-refractivity contribution >= 4 is 5.78 Å². The number of benzene rings is 1. The predicted octanol–water partition coefficient (Wildman–Crippen LogP) is 1.07. The van der Waals surface area contributed by atoms with Crippen LogP contribution in [0.25, 0.3) is 0 Å². The van der Waals surface area contributed by atoms with Gasteiger partial charge in [0.2, 0.25) is 0 Å². The normalized spacial score (nSPS) is 13.2.